The van der Waals surface area contributed by atoms with E-state index in [1.807, 2.05) is 25.3 Å². The van der Waals surface area contributed by atoms with Crippen molar-refractivity contribution in [3.63, 3.8) is 0 Å². The molecule has 4 rings (SSSR count). The highest BCUT2D eigenvalue weighted by Gasteiger charge is 2.35. The Hall–Kier alpha value is -2.42. The van der Waals surface area contributed by atoms with Gasteiger partial charge in [-0.15, -0.1) is 10.2 Å². The van der Waals surface area contributed by atoms with Crippen LogP contribution in [0.3, 0.4) is 0 Å². The number of carbonyl (C=O) groups is 2. The van der Waals surface area contributed by atoms with E-state index < -0.39 is 0 Å². The number of aromatic nitrogens is 3. The standard InChI is InChI=1S/C22H28N6O3S2/c1-4-19(30)28(15-7-8-15)21-25-26-22(33-21)32-12-18(29)24-20-17(10-23)13(2)14(3)27(20)11-16-6-5-9-31-16/h15-16H,4-9,11-12H2,1-3H3,(H,24,29)/t16-/m1/s1. The third-order valence-electron chi connectivity index (χ3n) is 6.02. The molecule has 2 aromatic heterocycles. The Morgan fingerprint density at radius 1 is 1.33 bits per heavy atom. The van der Waals surface area contributed by atoms with Crippen molar-refractivity contribution in [3.05, 3.63) is 16.8 Å². The second-order valence-electron chi connectivity index (χ2n) is 8.33. The summed E-state index contributed by atoms with van der Waals surface area (Å²) in [6.45, 7) is 7.06. The molecule has 33 heavy (non-hydrogen) atoms. The largest absolute Gasteiger partial charge is 0.376 e. The first-order valence-corrected chi connectivity index (χ1v) is 13.0. The summed E-state index contributed by atoms with van der Waals surface area (Å²) in [5, 5.41) is 21.6. The van der Waals surface area contributed by atoms with Gasteiger partial charge < -0.3 is 14.6 Å². The zero-order valence-corrected chi connectivity index (χ0v) is 20.7. The van der Waals surface area contributed by atoms with Crippen molar-refractivity contribution < 1.29 is 14.3 Å². The summed E-state index contributed by atoms with van der Waals surface area (Å²) in [4.78, 5) is 26.8. The molecule has 1 N–H and O–H groups in total. The highest BCUT2D eigenvalue weighted by Crippen LogP contribution is 2.36. The maximum atomic E-state index is 12.8. The fraction of sp³-hybridized carbons (Fsp3) is 0.591. The van der Waals surface area contributed by atoms with Crippen LogP contribution in [0.25, 0.3) is 0 Å². The van der Waals surface area contributed by atoms with Crippen LogP contribution in [0.4, 0.5) is 10.9 Å². The monoisotopic (exact) mass is 488 g/mol. The highest BCUT2D eigenvalue weighted by atomic mass is 32.2. The van der Waals surface area contributed by atoms with Gasteiger partial charge in [0.05, 0.1) is 24.0 Å². The van der Waals surface area contributed by atoms with Gasteiger partial charge in [-0.1, -0.05) is 30.0 Å². The van der Waals surface area contributed by atoms with E-state index in [2.05, 4.69) is 21.6 Å². The Kier molecular flexibility index (Phi) is 7.36. The molecule has 1 saturated carbocycles. The van der Waals surface area contributed by atoms with Crippen LogP contribution in [0, 0.1) is 25.2 Å². The number of carbonyl (C=O) groups excluding carboxylic acids is 2. The van der Waals surface area contributed by atoms with Gasteiger partial charge >= 0.3 is 0 Å². The van der Waals surface area contributed by atoms with Crippen molar-refractivity contribution in [2.24, 2.45) is 0 Å². The lowest BCUT2D eigenvalue weighted by atomic mass is 10.2. The average Bonchev–Trinajstić information content (AvgIpc) is 3.21. The zero-order chi connectivity index (χ0) is 23.5. The van der Waals surface area contributed by atoms with E-state index >= 15 is 0 Å². The van der Waals surface area contributed by atoms with Gasteiger partial charge in [-0.3, -0.25) is 14.5 Å². The second kappa shape index (κ2) is 10.2. The number of rotatable bonds is 9. The van der Waals surface area contributed by atoms with E-state index in [9.17, 15) is 14.9 Å². The van der Waals surface area contributed by atoms with Crippen LogP contribution in [0.15, 0.2) is 4.34 Å². The van der Waals surface area contributed by atoms with Crippen molar-refractivity contribution in [2.45, 2.75) is 75.9 Å². The summed E-state index contributed by atoms with van der Waals surface area (Å²) < 4.78 is 8.39. The van der Waals surface area contributed by atoms with Gasteiger partial charge in [-0.25, -0.2) is 0 Å². The summed E-state index contributed by atoms with van der Waals surface area (Å²) in [5.74, 6) is 0.487. The minimum atomic E-state index is -0.219. The molecule has 1 atom stereocenters. The fourth-order valence-corrected chi connectivity index (χ4v) is 5.70. The van der Waals surface area contributed by atoms with Crippen LogP contribution in [0.1, 0.15) is 55.8 Å². The van der Waals surface area contributed by atoms with Crippen LogP contribution < -0.4 is 10.2 Å². The molecular weight excluding hydrogens is 460 g/mol. The predicted molar refractivity (Wildman–Crippen MR) is 128 cm³/mol. The van der Waals surface area contributed by atoms with Crippen molar-refractivity contribution in [3.8, 4) is 6.07 Å². The fourth-order valence-electron chi connectivity index (χ4n) is 3.97. The smallest absolute Gasteiger partial charge is 0.235 e. The first-order chi connectivity index (χ1) is 15.9. The van der Waals surface area contributed by atoms with E-state index in [0.29, 0.717) is 33.8 Å². The lowest BCUT2D eigenvalue weighted by molar-refractivity contribution is -0.118. The first kappa shape index (κ1) is 23.7. The van der Waals surface area contributed by atoms with Gasteiger partial charge in [-0.2, -0.15) is 5.26 Å². The number of hydrogen-bond donors (Lipinski definition) is 1. The molecule has 0 spiro atoms. The third kappa shape index (κ3) is 5.23. The van der Waals surface area contributed by atoms with Gasteiger partial charge in [0.15, 0.2) is 4.34 Å². The number of nitrogens with zero attached hydrogens (tertiary/aromatic N) is 5. The van der Waals surface area contributed by atoms with E-state index in [-0.39, 0.29) is 29.7 Å². The number of hydrogen-bond acceptors (Lipinski definition) is 8. The molecule has 11 heteroatoms. The molecule has 2 fully saturated rings. The normalized spacial score (nSPS) is 17.7. The third-order valence-corrected chi connectivity index (χ3v) is 8.08. The molecule has 1 aliphatic carbocycles. The van der Waals surface area contributed by atoms with Crippen molar-refractivity contribution in [1.29, 1.82) is 5.26 Å². The zero-order valence-electron chi connectivity index (χ0n) is 19.1. The molecule has 0 aromatic carbocycles. The van der Waals surface area contributed by atoms with Gasteiger partial charge in [0.25, 0.3) is 0 Å². The Morgan fingerprint density at radius 3 is 2.76 bits per heavy atom. The molecule has 176 valence electrons. The lowest BCUT2D eigenvalue weighted by Gasteiger charge is -2.17. The SMILES string of the molecule is CCC(=O)N(c1nnc(SCC(=O)Nc2c(C#N)c(C)c(C)n2C[C@H]2CCCO2)s1)C1CC1. The minimum absolute atomic E-state index is 0.0460. The molecule has 1 aliphatic heterocycles. The maximum absolute atomic E-state index is 12.8. The number of nitriles is 1. The molecule has 0 bridgehead atoms. The van der Waals surface area contributed by atoms with E-state index in [1.165, 1.54) is 23.1 Å². The average molecular weight is 489 g/mol. The quantitative estimate of drug-likeness (QED) is 0.423. The maximum Gasteiger partial charge on any atom is 0.235 e. The molecule has 1 saturated heterocycles. The first-order valence-electron chi connectivity index (χ1n) is 11.2. The van der Waals surface area contributed by atoms with Crippen LogP contribution in [0.2, 0.25) is 0 Å². The summed E-state index contributed by atoms with van der Waals surface area (Å²) in [5.41, 5.74) is 2.31. The van der Waals surface area contributed by atoms with Gasteiger partial charge in [-0.05, 0) is 45.1 Å². The van der Waals surface area contributed by atoms with Crippen LogP contribution in [-0.2, 0) is 20.9 Å². The molecule has 2 aliphatic rings. The number of anilines is 2. The number of amides is 2. The van der Waals surface area contributed by atoms with Crippen molar-refractivity contribution in [2.75, 3.05) is 22.6 Å². The summed E-state index contributed by atoms with van der Waals surface area (Å²) in [6.07, 6.45) is 4.49. The molecule has 2 aromatic rings. The van der Waals surface area contributed by atoms with E-state index in [0.717, 1.165) is 43.5 Å². The molecule has 3 heterocycles. The summed E-state index contributed by atoms with van der Waals surface area (Å²) in [6, 6.07) is 2.46. The van der Waals surface area contributed by atoms with Gasteiger partial charge in [0, 0.05) is 24.8 Å². The van der Waals surface area contributed by atoms with E-state index in [1.54, 1.807) is 4.90 Å². The van der Waals surface area contributed by atoms with Gasteiger partial charge in [0.1, 0.15) is 11.9 Å². The Labute approximate surface area is 201 Å². The van der Waals surface area contributed by atoms with E-state index in [4.69, 9.17) is 4.74 Å². The highest BCUT2D eigenvalue weighted by molar-refractivity contribution is 8.01. The van der Waals surface area contributed by atoms with Crippen LogP contribution in [0.5, 0.6) is 0 Å². The van der Waals surface area contributed by atoms with Crippen molar-refractivity contribution in [1.82, 2.24) is 14.8 Å². The minimum Gasteiger partial charge on any atom is -0.376 e. The molecular formula is C22H28N6O3S2. The van der Waals surface area contributed by atoms with Crippen LogP contribution in [-0.4, -0.2) is 51.1 Å². The second-order valence-corrected chi connectivity index (χ2v) is 10.5. The lowest BCUT2D eigenvalue weighted by Crippen LogP contribution is -2.32. The topological polar surface area (TPSA) is 113 Å². The van der Waals surface area contributed by atoms with Crippen molar-refractivity contribution >= 4 is 45.9 Å². The molecule has 0 radical (unpaired) electrons. The molecule has 9 nitrogen and oxygen atoms in total. The van der Waals surface area contributed by atoms with Crippen LogP contribution >= 0.6 is 23.1 Å². The number of ether oxygens (including phenoxy) is 1. The number of nitrogens with one attached hydrogen (secondary N) is 1. The Morgan fingerprint density at radius 2 is 2.12 bits per heavy atom. The number of thioether (sulfide) groups is 1. The molecule has 0 unspecified atom stereocenters. The predicted octanol–water partition coefficient (Wildman–Crippen LogP) is 3.64. The van der Waals surface area contributed by atoms with Gasteiger partial charge in [0.2, 0.25) is 16.9 Å². The summed E-state index contributed by atoms with van der Waals surface area (Å²) >= 11 is 2.61. The Bertz CT molecular complexity index is 1080. The molecule has 2 amide bonds. The Balaban J connectivity index is 1.42. The summed E-state index contributed by atoms with van der Waals surface area (Å²) in [7, 11) is 0.